The van der Waals surface area contributed by atoms with Gasteiger partial charge in [-0.15, -0.1) is 0 Å². The molecule has 0 bridgehead atoms. The quantitative estimate of drug-likeness (QED) is 0.0261. The summed E-state index contributed by atoms with van der Waals surface area (Å²) in [5.74, 6) is -0.857. The predicted octanol–water partition coefficient (Wildman–Crippen LogP) is 24.1. The highest BCUT2D eigenvalue weighted by atomic mass is 16.6. The number of hydrogen-bond acceptors (Lipinski definition) is 6. The van der Waals surface area contributed by atoms with Crippen LogP contribution in [0.3, 0.4) is 0 Å². The van der Waals surface area contributed by atoms with Crippen LogP contribution in [0.2, 0.25) is 0 Å². The Hall–Kier alpha value is -3.15. The third-order valence-corrected chi connectivity index (χ3v) is 15.5. The molecule has 0 aromatic rings. The topological polar surface area (TPSA) is 78.9 Å². The molecule has 0 heterocycles. The highest BCUT2D eigenvalue weighted by molar-refractivity contribution is 5.71. The zero-order valence-corrected chi connectivity index (χ0v) is 53.3. The van der Waals surface area contributed by atoms with Gasteiger partial charge in [-0.3, -0.25) is 14.4 Å². The molecular weight excluding hydrogens is 985 g/mol. The molecule has 0 rings (SSSR count). The first-order valence-corrected chi connectivity index (χ1v) is 34.9. The molecule has 0 N–H and O–H groups in total. The Morgan fingerprint density at radius 3 is 0.762 bits per heavy atom. The van der Waals surface area contributed by atoms with E-state index in [9.17, 15) is 14.4 Å². The van der Waals surface area contributed by atoms with E-state index in [0.29, 0.717) is 19.3 Å². The van der Waals surface area contributed by atoms with E-state index < -0.39 is 6.10 Å². The monoisotopic (exact) mass is 1120 g/mol. The summed E-state index contributed by atoms with van der Waals surface area (Å²) in [5.41, 5.74) is 0. The van der Waals surface area contributed by atoms with Crippen LogP contribution >= 0.6 is 0 Å². The fourth-order valence-corrected chi connectivity index (χ4v) is 10.3. The minimum atomic E-state index is -0.774. The first kappa shape index (κ1) is 76.9. The Labute approximate surface area is 497 Å². The number of hydrogen-bond donors (Lipinski definition) is 0. The molecule has 6 heteroatoms. The Balaban J connectivity index is 4.15. The lowest BCUT2D eigenvalue weighted by atomic mass is 10.0. The second kappa shape index (κ2) is 68.3. The van der Waals surface area contributed by atoms with Crippen LogP contribution in [-0.2, 0) is 28.6 Å². The number of carbonyl (C=O) groups is 3. The summed E-state index contributed by atoms with van der Waals surface area (Å²) >= 11 is 0. The molecule has 464 valence electrons. The first-order chi connectivity index (χ1) is 39.5. The summed E-state index contributed by atoms with van der Waals surface area (Å²) in [6.45, 7) is 6.56. The number of esters is 3. The summed E-state index contributed by atoms with van der Waals surface area (Å²) in [7, 11) is 0. The van der Waals surface area contributed by atoms with Gasteiger partial charge in [0, 0.05) is 19.3 Å². The lowest BCUT2D eigenvalue weighted by Crippen LogP contribution is -2.30. The van der Waals surface area contributed by atoms with E-state index in [1.54, 1.807) is 0 Å². The Morgan fingerprint density at radius 1 is 0.263 bits per heavy atom. The molecule has 0 amide bonds. The van der Waals surface area contributed by atoms with Gasteiger partial charge in [0.15, 0.2) is 6.10 Å². The third kappa shape index (κ3) is 65.7. The lowest BCUT2D eigenvalue weighted by molar-refractivity contribution is -0.167. The first-order valence-electron chi connectivity index (χ1n) is 34.9. The largest absolute Gasteiger partial charge is 0.462 e. The van der Waals surface area contributed by atoms with Crippen molar-refractivity contribution in [3.05, 3.63) is 72.9 Å². The van der Waals surface area contributed by atoms with Crippen molar-refractivity contribution in [3.63, 3.8) is 0 Å². The van der Waals surface area contributed by atoms with Gasteiger partial charge in [-0.05, 0) is 70.6 Å². The molecule has 1 atom stereocenters. The maximum atomic E-state index is 12.9. The fourth-order valence-electron chi connectivity index (χ4n) is 10.3. The van der Waals surface area contributed by atoms with Crippen LogP contribution in [0, 0.1) is 0 Å². The number of unbranched alkanes of at least 4 members (excludes halogenated alkanes) is 41. The van der Waals surface area contributed by atoms with E-state index in [-0.39, 0.29) is 31.1 Å². The van der Waals surface area contributed by atoms with Gasteiger partial charge in [-0.1, -0.05) is 344 Å². The van der Waals surface area contributed by atoms with Crippen LogP contribution in [0.15, 0.2) is 72.9 Å². The summed E-state index contributed by atoms with van der Waals surface area (Å²) in [6, 6.07) is 0. The summed E-state index contributed by atoms with van der Waals surface area (Å²) in [5, 5.41) is 0. The normalized spacial score (nSPS) is 12.5. The molecular formula is C74H132O6. The Morgan fingerprint density at radius 2 is 0.487 bits per heavy atom. The minimum Gasteiger partial charge on any atom is -0.462 e. The molecule has 6 nitrogen and oxygen atoms in total. The second-order valence-corrected chi connectivity index (χ2v) is 23.4. The Bertz CT molecular complexity index is 1470. The third-order valence-electron chi connectivity index (χ3n) is 15.5. The average molecular weight is 1120 g/mol. The summed E-state index contributed by atoms with van der Waals surface area (Å²) in [4.78, 5) is 38.3. The fraction of sp³-hybridized carbons (Fsp3) is 0.797. The van der Waals surface area contributed by atoms with Crippen molar-refractivity contribution in [1.29, 1.82) is 0 Å². The molecule has 0 aromatic carbocycles. The number of allylic oxidation sites excluding steroid dienone is 12. The molecule has 80 heavy (non-hydrogen) atoms. The standard InChI is InChI=1S/C74H132O6/c1-4-7-10-13-16-19-21-23-25-27-29-31-33-35-36-37-38-39-41-42-44-46-48-50-52-55-58-61-64-67-73(76)79-70-71(69-78-72(75)66-63-60-57-54-18-15-12-9-6-3)80-74(77)68-65-62-59-56-53-51-49-47-45-43-40-34-32-30-28-26-24-22-20-17-14-11-8-5-2/h7,10,16,19,23,25,29,31,35-36,38-39,71H,4-6,8-9,11-15,17-18,20-22,24,26-28,30,32-34,37,40-70H2,1-3H3/b10-7-,19-16-,25-23-,31-29-,36-35-,39-38-. The SMILES string of the molecule is CC/C=C\C/C=C\C/C=C\C/C=C\C/C=C\C/C=C\CCCCCCCCCCCCC(=O)OCC(COC(=O)CCCCCCCCCCC)OC(=O)CCCCCCCCCCCCCCCCCCCCCCCCCC. The van der Waals surface area contributed by atoms with Gasteiger partial charge in [0.25, 0.3) is 0 Å². The van der Waals surface area contributed by atoms with Gasteiger partial charge in [-0.2, -0.15) is 0 Å². The van der Waals surface area contributed by atoms with Crippen LogP contribution in [0.1, 0.15) is 361 Å². The van der Waals surface area contributed by atoms with E-state index in [2.05, 4.69) is 93.7 Å². The molecule has 0 aromatic heterocycles. The van der Waals surface area contributed by atoms with Gasteiger partial charge in [0.1, 0.15) is 13.2 Å². The van der Waals surface area contributed by atoms with Crippen molar-refractivity contribution >= 4 is 17.9 Å². The van der Waals surface area contributed by atoms with Crippen LogP contribution in [0.5, 0.6) is 0 Å². The molecule has 1 unspecified atom stereocenters. The maximum Gasteiger partial charge on any atom is 0.306 e. The van der Waals surface area contributed by atoms with Gasteiger partial charge < -0.3 is 14.2 Å². The van der Waals surface area contributed by atoms with Crippen molar-refractivity contribution in [2.75, 3.05) is 13.2 Å². The smallest absolute Gasteiger partial charge is 0.306 e. The molecule has 0 spiro atoms. The zero-order valence-electron chi connectivity index (χ0n) is 53.3. The van der Waals surface area contributed by atoms with E-state index in [0.717, 1.165) is 96.3 Å². The minimum absolute atomic E-state index is 0.0712. The highest BCUT2D eigenvalue weighted by Gasteiger charge is 2.19. The zero-order chi connectivity index (χ0) is 57.8. The molecule has 0 aliphatic heterocycles. The lowest BCUT2D eigenvalue weighted by Gasteiger charge is -2.18. The predicted molar refractivity (Wildman–Crippen MR) is 348 cm³/mol. The van der Waals surface area contributed by atoms with Crippen molar-refractivity contribution in [2.45, 2.75) is 367 Å². The van der Waals surface area contributed by atoms with Gasteiger partial charge in [0.2, 0.25) is 0 Å². The van der Waals surface area contributed by atoms with Gasteiger partial charge in [-0.25, -0.2) is 0 Å². The van der Waals surface area contributed by atoms with Gasteiger partial charge >= 0.3 is 17.9 Å². The van der Waals surface area contributed by atoms with E-state index >= 15 is 0 Å². The van der Waals surface area contributed by atoms with Crippen molar-refractivity contribution in [3.8, 4) is 0 Å². The molecule has 0 saturated carbocycles. The van der Waals surface area contributed by atoms with Crippen LogP contribution in [-0.4, -0.2) is 37.2 Å². The molecule has 0 aliphatic rings. The van der Waals surface area contributed by atoms with E-state index in [1.807, 2.05) is 0 Å². The average Bonchev–Trinajstić information content (AvgIpc) is 3.46. The number of carbonyl (C=O) groups excluding carboxylic acids is 3. The van der Waals surface area contributed by atoms with Crippen molar-refractivity contribution in [1.82, 2.24) is 0 Å². The van der Waals surface area contributed by atoms with Crippen molar-refractivity contribution < 1.29 is 28.6 Å². The summed E-state index contributed by atoms with van der Waals surface area (Å²) in [6.07, 6.45) is 89.4. The van der Waals surface area contributed by atoms with E-state index in [4.69, 9.17) is 14.2 Å². The highest BCUT2D eigenvalue weighted by Crippen LogP contribution is 2.18. The number of rotatable bonds is 64. The van der Waals surface area contributed by atoms with Crippen LogP contribution < -0.4 is 0 Å². The van der Waals surface area contributed by atoms with E-state index in [1.165, 1.54) is 225 Å². The second-order valence-electron chi connectivity index (χ2n) is 23.4. The van der Waals surface area contributed by atoms with Gasteiger partial charge in [0.05, 0.1) is 0 Å². The van der Waals surface area contributed by atoms with Crippen LogP contribution in [0.4, 0.5) is 0 Å². The van der Waals surface area contributed by atoms with Crippen LogP contribution in [0.25, 0.3) is 0 Å². The maximum absolute atomic E-state index is 12.9. The molecule has 0 aliphatic carbocycles. The Kier molecular flexibility index (Phi) is 65.7. The molecule has 0 radical (unpaired) electrons. The molecule has 0 saturated heterocycles. The molecule has 0 fully saturated rings. The van der Waals surface area contributed by atoms with Crippen molar-refractivity contribution in [2.24, 2.45) is 0 Å². The summed E-state index contributed by atoms with van der Waals surface area (Å²) < 4.78 is 16.9. The number of ether oxygens (including phenoxy) is 3.